The molecule has 3 nitrogen and oxygen atoms in total. The number of nitrogens with one attached hydrogen (secondary N) is 1. The molecule has 0 saturated heterocycles. The van der Waals surface area contributed by atoms with Gasteiger partial charge in [-0.25, -0.2) is 4.39 Å². The Bertz CT molecular complexity index is 664. The van der Waals surface area contributed by atoms with Crippen LogP contribution in [0, 0.1) is 11.2 Å². The number of nitrogen functional groups attached to an aromatic ring is 1. The molecule has 0 saturated carbocycles. The van der Waals surface area contributed by atoms with Gasteiger partial charge in [-0.15, -0.1) is 0 Å². The molecule has 0 aliphatic rings. The van der Waals surface area contributed by atoms with E-state index in [1.165, 1.54) is 12.1 Å². The second kappa shape index (κ2) is 6.24. The maximum Gasteiger partial charge on any atom is 0.138 e. The Morgan fingerprint density at radius 1 is 1.30 bits per heavy atom. The Hall–Kier alpha value is -1.59. The van der Waals surface area contributed by atoms with Crippen LogP contribution >= 0.6 is 27.5 Å². The van der Waals surface area contributed by atoms with E-state index in [1.807, 2.05) is 0 Å². The molecular formula is C14H11BrClFN2O. The quantitative estimate of drug-likeness (QED) is 0.639. The third kappa shape index (κ3) is 3.49. The maximum absolute atomic E-state index is 13.6. The van der Waals surface area contributed by atoms with E-state index in [-0.39, 0.29) is 18.3 Å². The summed E-state index contributed by atoms with van der Waals surface area (Å²) in [6.45, 7) is 0.0677. The first kappa shape index (κ1) is 14.8. The average Bonchev–Trinajstić information content (AvgIpc) is 2.38. The first-order valence-corrected chi connectivity index (χ1v) is 6.85. The van der Waals surface area contributed by atoms with Crippen molar-refractivity contribution in [1.82, 2.24) is 0 Å². The van der Waals surface area contributed by atoms with E-state index in [2.05, 4.69) is 15.9 Å². The number of ether oxygens (including phenoxy) is 1. The normalized spacial score (nSPS) is 10.3. The van der Waals surface area contributed by atoms with Gasteiger partial charge in [-0.2, -0.15) is 0 Å². The fourth-order valence-electron chi connectivity index (χ4n) is 1.58. The zero-order chi connectivity index (χ0) is 14.7. The van der Waals surface area contributed by atoms with Crippen LogP contribution in [0.2, 0.25) is 5.02 Å². The standard InChI is InChI=1S/C14H11BrClFN2O/c15-10-3-1-9(12(17)6-10)7-20-13-4-2-8(14(18)19)5-11(13)16/h1-6H,7H2,(H3,18,19). The van der Waals surface area contributed by atoms with E-state index in [0.29, 0.717) is 26.4 Å². The van der Waals surface area contributed by atoms with Crippen molar-refractivity contribution in [2.24, 2.45) is 5.73 Å². The van der Waals surface area contributed by atoms with Gasteiger partial charge in [0, 0.05) is 15.6 Å². The molecule has 104 valence electrons. The van der Waals surface area contributed by atoms with Crippen LogP contribution in [0.4, 0.5) is 4.39 Å². The summed E-state index contributed by atoms with van der Waals surface area (Å²) in [5, 5.41) is 7.64. The van der Waals surface area contributed by atoms with E-state index in [4.69, 9.17) is 27.5 Å². The van der Waals surface area contributed by atoms with Crippen LogP contribution < -0.4 is 10.5 Å². The minimum Gasteiger partial charge on any atom is -0.487 e. The van der Waals surface area contributed by atoms with Crippen LogP contribution in [0.3, 0.4) is 0 Å². The SMILES string of the molecule is N=C(N)c1ccc(OCc2ccc(Br)cc2F)c(Cl)c1. The van der Waals surface area contributed by atoms with Crippen LogP contribution in [0.1, 0.15) is 11.1 Å². The van der Waals surface area contributed by atoms with Gasteiger partial charge in [-0.3, -0.25) is 5.41 Å². The molecule has 0 radical (unpaired) electrons. The molecule has 0 aliphatic heterocycles. The number of amidine groups is 1. The summed E-state index contributed by atoms with van der Waals surface area (Å²) >= 11 is 9.22. The van der Waals surface area contributed by atoms with Crippen LogP contribution in [0.15, 0.2) is 40.9 Å². The van der Waals surface area contributed by atoms with Crippen molar-refractivity contribution in [3.8, 4) is 5.75 Å². The number of rotatable bonds is 4. The van der Waals surface area contributed by atoms with Crippen LogP contribution in [-0.2, 0) is 6.61 Å². The average molecular weight is 358 g/mol. The third-order valence-electron chi connectivity index (χ3n) is 2.64. The first-order valence-electron chi connectivity index (χ1n) is 5.68. The molecule has 2 aromatic carbocycles. The summed E-state index contributed by atoms with van der Waals surface area (Å²) in [6, 6.07) is 9.52. The summed E-state index contributed by atoms with van der Waals surface area (Å²) in [5.74, 6) is -0.00718. The zero-order valence-electron chi connectivity index (χ0n) is 10.3. The van der Waals surface area contributed by atoms with Gasteiger partial charge >= 0.3 is 0 Å². The summed E-state index contributed by atoms with van der Waals surface area (Å²) in [7, 11) is 0. The molecule has 0 unspecified atom stereocenters. The van der Waals surface area contributed by atoms with Gasteiger partial charge < -0.3 is 10.5 Å². The smallest absolute Gasteiger partial charge is 0.138 e. The predicted molar refractivity (Wildman–Crippen MR) is 80.9 cm³/mol. The van der Waals surface area contributed by atoms with Gasteiger partial charge in [-0.1, -0.05) is 33.6 Å². The van der Waals surface area contributed by atoms with Crippen LogP contribution in [0.25, 0.3) is 0 Å². The van der Waals surface area contributed by atoms with Gasteiger partial charge in [0.2, 0.25) is 0 Å². The van der Waals surface area contributed by atoms with E-state index in [0.717, 1.165) is 0 Å². The minimum absolute atomic E-state index is 0.0677. The molecule has 0 spiro atoms. The molecule has 20 heavy (non-hydrogen) atoms. The molecule has 0 bridgehead atoms. The van der Waals surface area contributed by atoms with Crippen LogP contribution in [0.5, 0.6) is 5.75 Å². The predicted octanol–water partition coefficient (Wildman–Crippen LogP) is 4.10. The maximum atomic E-state index is 13.6. The first-order chi connectivity index (χ1) is 9.47. The van der Waals surface area contributed by atoms with E-state index >= 15 is 0 Å². The molecule has 2 rings (SSSR count). The van der Waals surface area contributed by atoms with Gasteiger partial charge in [0.25, 0.3) is 0 Å². The van der Waals surface area contributed by atoms with Crippen molar-refractivity contribution < 1.29 is 9.13 Å². The van der Waals surface area contributed by atoms with E-state index in [9.17, 15) is 4.39 Å². The summed E-state index contributed by atoms with van der Waals surface area (Å²) in [6.07, 6.45) is 0. The molecule has 0 heterocycles. The molecule has 0 aliphatic carbocycles. The molecule has 0 aromatic heterocycles. The number of halogens is 3. The topological polar surface area (TPSA) is 59.1 Å². The van der Waals surface area contributed by atoms with Crippen molar-refractivity contribution in [3.63, 3.8) is 0 Å². The van der Waals surface area contributed by atoms with Crippen molar-refractivity contribution in [1.29, 1.82) is 5.41 Å². The molecule has 6 heteroatoms. The Balaban J connectivity index is 2.13. The highest BCUT2D eigenvalue weighted by molar-refractivity contribution is 9.10. The van der Waals surface area contributed by atoms with Crippen molar-refractivity contribution >= 4 is 33.4 Å². The molecule has 0 amide bonds. The lowest BCUT2D eigenvalue weighted by molar-refractivity contribution is 0.300. The van der Waals surface area contributed by atoms with E-state index in [1.54, 1.807) is 24.3 Å². The molecular weight excluding hydrogens is 347 g/mol. The fraction of sp³-hybridized carbons (Fsp3) is 0.0714. The van der Waals surface area contributed by atoms with Gasteiger partial charge in [0.15, 0.2) is 0 Å². The summed E-state index contributed by atoms with van der Waals surface area (Å²) in [5.41, 5.74) is 6.30. The largest absolute Gasteiger partial charge is 0.487 e. The van der Waals surface area contributed by atoms with Gasteiger partial charge in [-0.05, 0) is 30.3 Å². The molecule has 0 atom stereocenters. The number of nitrogens with two attached hydrogens (primary N) is 1. The number of benzene rings is 2. The fourth-order valence-corrected chi connectivity index (χ4v) is 2.15. The lowest BCUT2D eigenvalue weighted by Gasteiger charge is -2.10. The zero-order valence-corrected chi connectivity index (χ0v) is 12.6. The van der Waals surface area contributed by atoms with Crippen molar-refractivity contribution in [3.05, 3.63) is 62.8 Å². The highest BCUT2D eigenvalue weighted by atomic mass is 79.9. The van der Waals surface area contributed by atoms with Gasteiger partial charge in [0.05, 0.1) is 5.02 Å². The Labute approximate surface area is 129 Å². The Kier molecular flexibility index (Phi) is 4.62. The molecule has 3 N–H and O–H groups in total. The van der Waals surface area contributed by atoms with Crippen LogP contribution in [-0.4, -0.2) is 5.84 Å². The number of hydrogen-bond acceptors (Lipinski definition) is 2. The molecule has 0 fully saturated rings. The minimum atomic E-state index is -0.351. The second-order valence-corrected chi connectivity index (χ2v) is 5.41. The monoisotopic (exact) mass is 356 g/mol. The molecule has 2 aromatic rings. The lowest BCUT2D eigenvalue weighted by Crippen LogP contribution is -2.10. The second-order valence-electron chi connectivity index (χ2n) is 4.08. The Morgan fingerprint density at radius 2 is 2.05 bits per heavy atom. The number of hydrogen-bond donors (Lipinski definition) is 2. The van der Waals surface area contributed by atoms with Crippen molar-refractivity contribution in [2.75, 3.05) is 0 Å². The third-order valence-corrected chi connectivity index (χ3v) is 3.43. The highest BCUT2D eigenvalue weighted by Gasteiger charge is 2.07. The summed E-state index contributed by atoms with van der Waals surface area (Å²) < 4.78 is 19.8. The lowest BCUT2D eigenvalue weighted by atomic mass is 10.2. The van der Waals surface area contributed by atoms with E-state index < -0.39 is 0 Å². The highest BCUT2D eigenvalue weighted by Crippen LogP contribution is 2.26. The Morgan fingerprint density at radius 3 is 2.65 bits per heavy atom. The van der Waals surface area contributed by atoms with Gasteiger partial charge in [0.1, 0.15) is 24.0 Å². The summed E-state index contributed by atoms with van der Waals surface area (Å²) in [4.78, 5) is 0. The van der Waals surface area contributed by atoms with Crippen molar-refractivity contribution in [2.45, 2.75) is 6.61 Å².